The fraction of sp³-hybridized carbons (Fsp3) is 0.343. The lowest BCUT2D eigenvalue weighted by molar-refractivity contribution is -0.137. The Morgan fingerprint density at radius 3 is 2.55 bits per heavy atom. The van der Waals surface area contributed by atoms with Gasteiger partial charge in [-0.25, -0.2) is 9.67 Å². The average Bonchev–Trinajstić information content (AvgIpc) is 3.40. The molecule has 0 radical (unpaired) electrons. The third-order valence-corrected chi connectivity index (χ3v) is 8.13. The van der Waals surface area contributed by atoms with Crippen LogP contribution in [0.2, 0.25) is 0 Å². The first-order valence-corrected chi connectivity index (χ1v) is 15.9. The molecular formula is C35H39N7O5. The quantitative estimate of drug-likeness (QED) is 0.351. The van der Waals surface area contributed by atoms with Crippen molar-refractivity contribution < 1.29 is 23.9 Å². The summed E-state index contributed by atoms with van der Waals surface area (Å²) in [6.45, 7) is 4.72. The van der Waals surface area contributed by atoms with Crippen LogP contribution in [0.5, 0.6) is 11.5 Å². The minimum absolute atomic E-state index is 0.133. The maximum Gasteiger partial charge on any atom is 0.251 e. The Balaban J connectivity index is 1.22. The number of aromatic nitrogens is 3. The highest BCUT2D eigenvalue weighted by molar-refractivity contribution is 5.94. The number of carbonyl (C=O) groups excluding carboxylic acids is 3. The first kappa shape index (κ1) is 31.7. The van der Waals surface area contributed by atoms with Crippen LogP contribution < -0.4 is 20.1 Å². The van der Waals surface area contributed by atoms with Gasteiger partial charge in [-0.2, -0.15) is 5.10 Å². The zero-order valence-electron chi connectivity index (χ0n) is 26.4. The zero-order valence-corrected chi connectivity index (χ0v) is 26.4. The van der Waals surface area contributed by atoms with Crippen molar-refractivity contribution >= 4 is 17.7 Å². The van der Waals surface area contributed by atoms with Crippen molar-refractivity contribution in [3.8, 4) is 22.9 Å². The van der Waals surface area contributed by atoms with E-state index in [1.54, 1.807) is 33.8 Å². The van der Waals surface area contributed by atoms with Crippen molar-refractivity contribution in [2.75, 3.05) is 45.9 Å². The summed E-state index contributed by atoms with van der Waals surface area (Å²) < 4.78 is 13.6. The van der Waals surface area contributed by atoms with E-state index in [4.69, 9.17) is 19.6 Å². The fourth-order valence-corrected chi connectivity index (χ4v) is 5.72. The van der Waals surface area contributed by atoms with Gasteiger partial charge < -0.3 is 25.0 Å². The number of ether oxygens (including phenoxy) is 2. The van der Waals surface area contributed by atoms with Gasteiger partial charge in [-0.05, 0) is 37.6 Å². The lowest BCUT2D eigenvalue weighted by Crippen LogP contribution is -2.46. The largest absolute Gasteiger partial charge is 0.492 e. The molecule has 2 N–H and O–H groups in total. The molecular weight excluding hydrogens is 598 g/mol. The summed E-state index contributed by atoms with van der Waals surface area (Å²) in [6, 6.07) is 24.0. The number of fused-ring (bicyclic) bond motifs is 4. The van der Waals surface area contributed by atoms with E-state index in [0.29, 0.717) is 68.7 Å². The highest BCUT2D eigenvalue weighted by Gasteiger charge is 2.25. The fourth-order valence-electron chi connectivity index (χ4n) is 5.72. The van der Waals surface area contributed by atoms with Crippen LogP contribution in [0.25, 0.3) is 11.4 Å². The van der Waals surface area contributed by atoms with Crippen molar-refractivity contribution in [3.05, 3.63) is 95.8 Å². The van der Waals surface area contributed by atoms with E-state index >= 15 is 0 Å². The van der Waals surface area contributed by atoms with E-state index in [1.807, 2.05) is 66.4 Å². The Kier molecular flexibility index (Phi) is 10.1. The van der Waals surface area contributed by atoms with Crippen LogP contribution in [-0.4, -0.2) is 88.2 Å². The Hall–Kier alpha value is -5.23. The number of hydrogen-bond acceptors (Lipinski definition) is 8. The van der Waals surface area contributed by atoms with Crippen LogP contribution in [0, 0.1) is 0 Å². The van der Waals surface area contributed by atoms with E-state index in [1.165, 1.54) is 0 Å². The molecule has 0 fully saturated rings. The molecule has 0 aliphatic carbocycles. The molecule has 4 aromatic rings. The van der Waals surface area contributed by atoms with Crippen LogP contribution in [-0.2, 0) is 22.7 Å². The molecule has 1 aromatic heterocycles. The van der Waals surface area contributed by atoms with Gasteiger partial charge >= 0.3 is 0 Å². The molecule has 47 heavy (non-hydrogen) atoms. The molecule has 3 amide bonds. The Morgan fingerprint density at radius 2 is 1.68 bits per heavy atom. The molecule has 3 heterocycles. The van der Waals surface area contributed by atoms with Crippen LogP contribution in [0.3, 0.4) is 0 Å². The van der Waals surface area contributed by atoms with Crippen molar-refractivity contribution in [1.82, 2.24) is 35.2 Å². The van der Waals surface area contributed by atoms with E-state index < -0.39 is 6.04 Å². The molecule has 0 saturated carbocycles. The van der Waals surface area contributed by atoms with Crippen LogP contribution in [0.1, 0.15) is 41.1 Å². The van der Waals surface area contributed by atoms with Gasteiger partial charge in [0, 0.05) is 42.9 Å². The van der Waals surface area contributed by atoms with E-state index in [2.05, 4.69) is 10.6 Å². The summed E-state index contributed by atoms with van der Waals surface area (Å²) >= 11 is 0. The molecule has 12 nitrogen and oxygen atoms in total. The molecule has 0 saturated heterocycles. The number of benzene rings is 3. The van der Waals surface area contributed by atoms with Crippen molar-refractivity contribution in [2.24, 2.45) is 0 Å². The van der Waals surface area contributed by atoms with Gasteiger partial charge in [-0.3, -0.25) is 19.3 Å². The third kappa shape index (κ3) is 8.14. The lowest BCUT2D eigenvalue weighted by atomic mass is 10.2. The van der Waals surface area contributed by atoms with Crippen LogP contribution in [0.15, 0.2) is 78.9 Å². The highest BCUT2D eigenvalue weighted by atomic mass is 16.5. The molecule has 2 aliphatic heterocycles. The number of nitrogens with zero attached hydrogens (tertiary/aromatic N) is 5. The maximum atomic E-state index is 13.7. The standard InChI is InChI=1S/C35H39N7O5/c1-25-34-38-33(26-9-3-2-4-10-26)39-42(34)18-20-46-29-13-7-12-27(21-29)35(45)36-15-8-16-41(23-31(43)37-25)32(44)24-40-17-19-47-30-14-6-5-11-28(30)22-40/h2-7,9-14,21,25H,8,15-20,22-24H2,1H3,(H,36,45)(H,37,43)/t25-/m0/s1. The minimum Gasteiger partial charge on any atom is -0.492 e. The van der Waals surface area contributed by atoms with Crippen LogP contribution in [0.4, 0.5) is 0 Å². The summed E-state index contributed by atoms with van der Waals surface area (Å²) in [4.78, 5) is 48.5. The second-order valence-corrected chi connectivity index (χ2v) is 11.6. The molecule has 2 bridgehead atoms. The predicted molar refractivity (Wildman–Crippen MR) is 175 cm³/mol. The SMILES string of the molecule is C[C@@H]1NC(=O)CN(C(=O)CN2CCOc3ccccc3C2)CCCNC(=O)c2cccc(c2)OCCn2nc(-c3ccccc3)nc21. The number of rotatable bonds is 3. The summed E-state index contributed by atoms with van der Waals surface area (Å²) in [6.07, 6.45) is 0.469. The van der Waals surface area contributed by atoms with Crippen molar-refractivity contribution in [1.29, 1.82) is 0 Å². The second kappa shape index (κ2) is 14.9. The Morgan fingerprint density at radius 1 is 0.894 bits per heavy atom. The van der Waals surface area contributed by atoms with E-state index in [9.17, 15) is 14.4 Å². The monoisotopic (exact) mass is 637 g/mol. The number of amides is 3. The number of hydrogen-bond donors (Lipinski definition) is 2. The van der Waals surface area contributed by atoms with Gasteiger partial charge in [0.1, 0.15) is 30.5 Å². The second-order valence-electron chi connectivity index (χ2n) is 11.6. The van der Waals surface area contributed by atoms with Crippen LogP contribution >= 0.6 is 0 Å². The summed E-state index contributed by atoms with van der Waals surface area (Å²) in [7, 11) is 0. The molecule has 12 heteroatoms. The van der Waals surface area contributed by atoms with Gasteiger partial charge in [0.05, 0.1) is 25.7 Å². The molecule has 1 atom stereocenters. The summed E-state index contributed by atoms with van der Waals surface area (Å²) in [5, 5.41) is 10.7. The smallest absolute Gasteiger partial charge is 0.251 e. The topological polar surface area (TPSA) is 131 Å². The Labute approximate surface area is 273 Å². The van der Waals surface area contributed by atoms with Gasteiger partial charge in [0.15, 0.2) is 5.82 Å². The predicted octanol–water partition coefficient (Wildman–Crippen LogP) is 3.06. The molecule has 0 unspecified atom stereocenters. The zero-order chi connectivity index (χ0) is 32.6. The molecule has 244 valence electrons. The average molecular weight is 638 g/mol. The summed E-state index contributed by atoms with van der Waals surface area (Å²) in [5.74, 6) is 1.75. The normalized spacial score (nSPS) is 18.1. The van der Waals surface area contributed by atoms with Gasteiger partial charge in [0.25, 0.3) is 5.91 Å². The highest BCUT2D eigenvalue weighted by Crippen LogP contribution is 2.23. The maximum absolute atomic E-state index is 13.7. The Bertz CT molecular complexity index is 1710. The van der Waals surface area contributed by atoms with E-state index in [-0.39, 0.29) is 37.4 Å². The number of para-hydroxylation sites is 1. The number of nitrogens with one attached hydrogen (secondary N) is 2. The van der Waals surface area contributed by atoms with E-state index in [0.717, 1.165) is 16.9 Å². The minimum atomic E-state index is -0.495. The van der Waals surface area contributed by atoms with Crippen molar-refractivity contribution in [2.45, 2.75) is 32.5 Å². The van der Waals surface area contributed by atoms with Gasteiger partial charge in [0.2, 0.25) is 11.8 Å². The number of carbonyl (C=O) groups is 3. The lowest BCUT2D eigenvalue weighted by Gasteiger charge is -2.27. The third-order valence-electron chi connectivity index (χ3n) is 8.13. The molecule has 6 rings (SSSR count). The first-order chi connectivity index (χ1) is 22.9. The molecule has 3 aromatic carbocycles. The van der Waals surface area contributed by atoms with Gasteiger partial charge in [-0.1, -0.05) is 54.6 Å². The summed E-state index contributed by atoms with van der Waals surface area (Å²) in [5.41, 5.74) is 2.34. The molecule has 0 spiro atoms. The van der Waals surface area contributed by atoms with Crippen molar-refractivity contribution in [3.63, 3.8) is 0 Å². The molecule has 2 aliphatic rings. The first-order valence-electron chi connectivity index (χ1n) is 15.9. The van der Waals surface area contributed by atoms with Gasteiger partial charge in [-0.15, -0.1) is 0 Å².